The van der Waals surface area contributed by atoms with Crippen LogP contribution >= 0.6 is 0 Å². The second kappa shape index (κ2) is 7.02. The molecule has 2 heterocycles. The Morgan fingerprint density at radius 2 is 0.875 bits per heavy atom. The minimum Gasteiger partial charge on any atom is -0.221 e. The first-order valence-electron chi connectivity index (χ1n) is 10.3. The summed E-state index contributed by atoms with van der Waals surface area (Å²) in [6, 6.07) is 15.5. The fraction of sp³-hybridized carbons (Fsp3) is 0.455. The predicted molar refractivity (Wildman–Crippen MR) is 120 cm³/mol. The predicted octanol–water partition coefficient (Wildman–Crippen LogP) is 4.60. The van der Waals surface area contributed by atoms with Crippen molar-refractivity contribution in [3.8, 4) is 0 Å². The van der Waals surface area contributed by atoms with E-state index in [1.165, 1.54) is 24.3 Å². The van der Waals surface area contributed by atoms with E-state index in [4.69, 9.17) is 0 Å². The summed E-state index contributed by atoms with van der Waals surface area (Å²) in [5.74, 6) is 0. The first-order valence-corrected chi connectivity index (χ1v) is 13.2. The molecule has 0 spiro atoms. The molecule has 0 aliphatic carbocycles. The molecule has 0 fully saturated rings. The van der Waals surface area contributed by atoms with Gasteiger partial charge in [-0.05, 0) is 52.0 Å². The fourth-order valence-corrected chi connectivity index (χ4v) is 9.40. The average Bonchev–Trinajstić information content (AvgIpc) is 3.27. The van der Waals surface area contributed by atoms with Crippen LogP contribution in [0, 0.1) is 0 Å². The van der Waals surface area contributed by atoms with E-state index in [0.29, 0.717) is 0 Å². The lowest BCUT2D eigenvalue weighted by atomic mass is 9.87. The molecule has 0 aromatic heterocycles. The van der Waals surface area contributed by atoms with Crippen LogP contribution in [0.5, 0.6) is 0 Å². The Labute approximate surface area is 188 Å². The smallest absolute Gasteiger partial charge is 0.221 e. The molecule has 170 valence electrons. The van der Waals surface area contributed by atoms with E-state index < -0.39 is 40.5 Å². The number of nitrogens with zero attached hydrogens (tertiary/aromatic N) is 4. The van der Waals surface area contributed by atoms with Crippen LogP contribution in [0.25, 0.3) is 0 Å². The summed E-state index contributed by atoms with van der Waals surface area (Å²) in [5, 5.41) is 17.0. The highest BCUT2D eigenvalue weighted by atomic mass is 32.2. The van der Waals surface area contributed by atoms with Gasteiger partial charge in [0.25, 0.3) is 0 Å². The summed E-state index contributed by atoms with van der Waals surface area (Å²) < 4.78 is 56.8. The van der Waals surface area contributed by atoms with Crippen LogP contribution in [0.15, 0.2) is 90.9 Å². The summed E-state index contributed by atoms with van der Waals surface area (Å²) in [4.78, 5) is -4.40. The molecule has 2 aromatic carbocycles. The molecule has 2 atom stereocenters. The van der Waals surface area contributed by atoms with Gasteiger partial charge in [-0.2, -0.15) is 20.5 Å². The summed E-state index contributed by atoms with van der Waals surface area (Å²) in [5.41, 5.74) is -1.80. The minimum absolute atomic E-state index is 0.0285. The summed E-state index contributed by atoms with van der Waals surface area (Å²) >= 11 is 0. The maximum Gasteiger partial charge on any atom is 0.230 e. The molecule has 2 aliphatic heterocycles. The molecule has 0 radical (unpaired) electrons. The average molecular weight is 475 g/mol. The minimum atomic E-state index is -4.35. The first-order chi connectivity index (χ1) is 14.8. The van der Waals surface area contributed by atoms with Crippen molar-refractivity contribution in [3.05, 3.63) is 60.7 Å². The van der Waals surface area contributed by atoms with Crippen LogP contribution < -0.4 is 0 Å². The number of hydrogen-bond acceptors (Lipinski definition) is 8. The number of azo groups is 2. The van der Waals surface area contributed by atoms with E-state index in [2.05, 4.69) is 20.5 Å². The molecule has 0 saturated heterocycles. The van der Waals surface area contributed by atoms with Crippen molar-refractivity contribution in [1.82, 2.24) is 0 Å². The monoisotopic (exact) mass is 474 g/mol. The number of benzene rings is 2. The zero-order chi connectivity index (χ0) is 23.5. The van der Waals surface area contributed by atoms with E-state index in [0.717, 1.165) is 0 Å². The van der Waals surface area contributed by atoms with E-state index in [9.17, 15) is 16.8 Å². The Balaban J connectivity index is 2.09. The van der Waals surface area contributed by atoms with Crippen LogP contribution in [0.3, 0.4) is 0 Å². The molecule has 0 bridgehead atoms. The lowest BCUT2D eigenvalue weighted by Crippen LogP contribution is -2.61. The largest absolute Gasteiger partial charge is 0.230 e. The quantitative estimate of drug-likeness (QED) is 0.629. The number of hydrogen-bond donors (Lipinski definition) is 0. The summed E-state index contributed by atoms with van der Waals surface area (Å²) in [7, 11) is -8.70. The Kier molecular flexibility index (Phi) is 4.98. The zero-order valence-electron chi connectivity index (χ0n) is 18.4. The molecular formula is C22H26N4O4S2. The SMILES string of the molecule is CC1(C)CC(C2(S(=O)(=O)c3ccccc3)CC(C)(C)N=N2)(S(=O)(=O)c2ccccc2)N=N1. The molecular weight excluding hydrogens is 448 g/mol. The highest BCUT2D eigenvalue weighted by molar-refractivity contribution is 7.97. The van der Waals surface area contributed by atoms with Crippen molar-refractivity contribution >= 4 is 19.7 Å². The lowest BCUT2D eigenvalue weighted by molar-refractivity contribution is 0.334. The maximum absolute atomic E-state index is 14.2. The van der Waals surface area contributed by atoms with Gasteiger partial charge in [-0.3, -0.25) is 0 Å². The summed E-state index contributed by atoms with van der Waals surface area (Å²) in [6.45, 7) is 6.94. The molecule has 2 unspecified atom stereocenters. The van der Waals surface area contributed by atoms with Gasteiger partial charge in [-0.25, -0.2) is 16.8 Å². The zero-order valence-corrected chi connectivity index (χ0v) is 20.1. The Bertz CT molecular complexity index is 1200. The van der Waals surface area contributed by atoms with Gasteiger partial charge >= 0.3 is 0 Å². The summed E-state index contributed by atoms with van der Waals surface area (Å²) in [6.07, 6.45) is -0.281. The number of rotatable bonds is 5. The maximum atomic E-state index is 14.2. The van der Waals surface area contributed by atoms with E-state index >= 15 is 0 Å². The second-order valence-corrected chi connectivity index (χ2v) is 13.9. The highest BCUT2D eigenvalue weighted by Gasteiger charge is 2.74. The van der Waals surface area contributed by atoms with Gasteiger partial charge in [-0.15, -0.1) is 0 Å². The molecule has 32 heavy (non-hydrogen) atoms. The molecule has 2 aromatic rings. The van der Waals surface area contributed by atoms with Gasteiger partial charge < -0.3 is 0 Å². The van der Waals surface area contributed by atoms with Crippen molar-refractivity contribution in [1.29, 1.82) is 0 Å². The van der Waals surface area contributed by atoms with E-state index in [1.54, 1.807) is 64.1 Å². The third-order valence-electron chi connectivity index (χ3n) is 5.92. The van der Waals surface area contributed by atoms with Crippen LogP contribution in [-0.4, -0.2) is 37.7 Å². The third kappa shape index (κ3) is 3.14. The molecule has 10 heteroatoms. The van der Waals surface area contributed by atoms with E-state index in [-0.39, 0.29) is 22.6 Å². The van der Waals surface area contributed by atoms with Gasteiger partial charge in [-0.1, -0.05) is 36.4 Å². The molecule has 0 saturated carbocycles. The molecule has 4 rings (SSSR count). The van der Waals surface area contributed by atoms with Gasteiger partial charge in [0.2, 0.25) is 29.4 Å². The van der Waals surface area contributed by atoms with E-state index in [1.807, 2.05) is 0 Å². The Morgan fingerprint density at radius 3 is 1.12 bits per heavy atom. The standard InChI is InChI=1S/C22H26N4O4S2/c1-19(2)15-21(25-23-19,31(27,28)17-11-7-5-8-12-17)22(16-20(3,4)24-26-22)32(29,30)18-13-9-6-10-14-18/h5-14H,15-16H2,1-4H3. The topological polar surface area (TPSA) is 118 Å². The van der Waals surface area contributed by atoms with Crippen molar-refractivity contribution in [2.24, 2.45) is 20.5 Å². The molecule has 0 amide bonds. The second-order valence-electron chi connectivity index (χ2n) is 9.58. The van der Waals surface area contributed by atoms with Gasteiger partial charge in [0.15, 0.2) is 0 Å². The van der Waals surface area contributed by atoms with Gasteiger partial charge in [0.05, 0.1) is 20.9 Å². The third-order valence-corrected chi connectivity index (χ3v) is 10.7. The van der Waals surface area contributed by atoms with Gasteiger partial charge in [0, 0.05) is 12.8 Å². The first kappa shape index (κ1) is 22.7. The highest BCUT2D eigenvalue weighted by Crippen LogP contribution is 2.58. The normalized spacial score (nSPS) is 28.8. The van der Waals surface area contributed by atoms with Crippen LogP contribution in [0.4, 0.5) is 0 Å². The van der Waals surface area contributed by atoms with Crippen LogP contribution in [0.2, 0.25) is 0 Å². The van der Waals surface area contributed by atoms with Crippen molar-refractivity contribution in [3.63, 3.8) is 0 Å². The molecule has 8 nitrogen and oxygen atoms in total. The van der Waals surface area contributed by atoms with Crippen LogP contribution in [-0.2, 0) is 19.7 Å². The van der Waals surface area contributed by atoms with Crippen LogP contribution in [0.1, 0.15) is 40.5 Å². The Morgan fingerprint density at radius 1 is 0.562 bits per heavy atom. The van der Waals surface area contributed by atoms with Crippen molar-refractivity contribution in [2.45, 2.75) is 71.1 Å². The van der Waals surface area contributed by atoms with Crippen molar-refractivity contribution in [2.75, 3.05) is 0 Å². The lowest BCUT2D eigenvalue weighted by Gasteiger charge is -2.40. The number of sulfone groups is 2. The Hall–Kier alpha value is -2.46. The van der Waals surface area contributed by atoms with Gasteiger partial charge in [0.1, 0.15) is 0 Å². The fourth-order valence-electron chi connectivity index (χ4n) is 4.49. The molecule has 0 N–H and O–H groups in total. The van der Waals surface area contributed by atoms with Crippen molar-refractivity contribution < 1.29 is 16.8 Å². The molecule has 2 aliphatic rings.